The molecule has 0 heterocycles. The number of aryl methyl sites for hydroxylation is 1. The topological polar surface area (TPSA) is 83.5 Å². The lowest BCUT2D eigenvalue weighted by Gasteiger charge is -2.22. The van der Waals surface area contributed by atoms with Crippen LogP contribution in [0.2, 0.25) is 0 Å². The molecule has 5 nitrogen and oxygen atoms in total. The number of sulfone groups is 1. The fraction of sp³-hybridized carbons (Fsp3) is 0.462. The van der Waals surface area contributed by atoms with Crippen LogP contribution in [0.25, 0.3) is 0 Å². The molecule has 0 bridgehead atoms. The molecule has 2 N–H and O–H groups in total. The lowest BCUT2D eigenvalue weighted by atomic mass is 10.1. The monoisotopic (exact) mass is 285 g/mol. The normalized spacial score (nSPS) is 12.2. The van der Waals surface area contributed by atoms with Gasteiger partial charge in [-0.1, -0.05) is 0 Å². The molecule has 0 saturated carbocycles. The summed E-state index contributed by atoms with van der Waals surface area (Å²) < 4.78 is 22.0. The average Bonchev–Trinajstić information content (AvgIpc) is 2.24. The average molecular weight is 285 g/mol. The number of benzene rings is 1. The standard InChI is InChI=1S/C13H19NO4S/c1-9-7-10(15)5-6-11(9)12(16)14-8-13(2,3)19(4,17)18/h5-7,15H,8H2,1-4H3,(H,14,16). The van der Waals surface area contributed by atoms with Gasteiger partial charge in [0, 0.05) is 18.4 Å². The Labute approximate surface area is 113 Å². The number of hydrogen-bond donors (Lipinski definition) is 2. The van der Waals surface area contributed by atoms with E-state index in [1.54, 1.807) is 20.8 Å². The van der Waals surface area contributed by atoms with Crippen molar-refractivity contribution in [3.63, 3.8) is 0 Å². The van der Waals surface area contributed by atoms with Crippen LogP contribution in [0.15, 0.2) is 18.2 Å². The van der Waals surface area contributed by atoms with Gasteiger partial charge < -0.3 is 10.4 Å². The van der Waals surface area contributed by atoms with Gasteiger partial charge in [-0.25, -0.2) is 8.42 Å². The summed E-state index contributed by atoms with van der Waals surface area (Å²) in [6, 6.07) is 4.41. The van der Waals surface area contributed by atoms with E-state index in [-0.39, 0.29) is 18.2 Å². The summed E-state index contributed by atoms with van der Waals surface area (Å²) in [4.78, 5) is 12.0. The lowest BCUT2D eigenvalue weighted by Crippen LogP contribution is -2.43. The maximum Gasteiger partial charge on any atom is 0.251 e. The van der Waals surface area contributed by atoms with Crippen molar-refractivity contribution >= 4 is 15.7 Å². The number of phenols is 1. The molecule has 0 unspecified atom stereocenters. The van der Waals surface area contributed by atoms with E-state index in [9.17, 15) is 18.3 Å². The number of nitrogens with one attached hydrogen (secondary N) is 1. The van der Waals surface area contributed by atoms with Gasteiger partial charge in [-0.05, 0) is 44.5 Å². The number of amides is 1. The number of rotatable bonds is 4. The van der Waals surface area contributed by atoms with Gasteiger partial charge >= 0.3 is 0 Å². The zero-order chi connectivity index (χ0) is 14.8. The summed E-state index contributed by atoms with van der Waals surface area (Å²) in [5, 5.41) is 11.9. The van der Waals surface area contributed by atoms with Crippen LogP contribution in [0.5, 0.6) is 5.75 Å². The van der Waals surface area contributed by atoms with Crippen molar-refractivity contribution in [1.29, 1.82) is 0 Å². The molecule has 106 valence electrons. The third-order valence-corrected chi connectivity index (χ3v) is 5.28. The fourth-order valence-corrected chi connectivity index (χ4v) is 1.76. The molecule has 0 aromatic heterocycles. The SMILES string of the molecule is Cc1cc(O)ccc1C(=O)NCC(C)(C)S(C)(=O)=O. The number of carbonyl (C=O) groups excluding carboxylic acids is 1. The van der Waals surface area contributed by atoms with Crippen LogP contribution >= 0.6 is 0 Å². The quantitative estimate of drug-likeness (QED) is 0.872. The van der Waals surface area contributed by atoms with Crippen molar-refractivity contribution in [2.24, 2.45) is 0 Å². The zero-order valence-corrected chi connectivity index (χ0v) is 12.3. The van der Waals surface area contributed by atoms with Crippen molar-refractivity contribution in [2.75, 3.05) is 12.8 Å². The van der Waals surface area contributed by atoms with Gasteiger partial charge in [0.15, 0.2) is 9.84 Å². The summed E-state index contributed by atoms with van der Waals surface area (Å²) in [6.07, 6.45) is 1.14. The Morgan fingerprint density at radius 3 is 2.42 bits per heavy atom. The smallest absolute Gasteiger partial charge is 0.251 e. The van der Waals surface area contributed by atoms with Crippen LogP contribution in [-0.2, 0) is 9.84 Å². The highest BCUT2D eigenvalue weighted by molar-refractivity contribution is 7.92. The Morgan fingerprint density at radius 2 is 1.95 bits per heavy atom. The van der Waals surface area contributed by atoms with Crippen molar-refractivity contribution < 1.29 is 18.3 Å². The minimum Gasteiger partial charge on any atom is -0.508 e. The molecular formula is C13H19NO4S. The van der Waals surface area contributed by atoms with Crippen LogP contribution in [-0.4, -0.2) is 37.0 Å². The van der Waals surface area contributed by atoms with Crippen molar-refractivity contribution in [3.05, 3.63) is 29.3 Å². The van der Waals surface area contributed by atoms with E-state index in [0.29, 0.717) is 11.1 Å². The molecule has 1 aromatic carbocycles. The molecule has 1 rings (SSSR count). The fourth-order valence-electron chi connectivity index (χ4n) is 1.42. The molecule has 19 heavy (non-hydrogen) atoms. The molecule has 0 radical (unpaired) electrons. The van der Waals surface area contributed by atoms with E-state index < -0.39 is 14.6 Å². The van der Waals surface area contributed by atoms with Gasteiger partial charge in [-0.2, -0.15) is 0 Å². The lowest BCUT2D eigenvalue weighted by molar-refractivity contribution is 0.0950. The van der Waals surface area contributed by atoms with Gasteiger partial charge in [0.25, 0.3) is 5.91 Å². The van der Waals surface area contributed by atoms with E-state index in [0.717, 1.165) is 6.26 Å². The first kappa shape index (κ1) is 15.5. The summed E-state index contributed by atoms with van der Waals surface area (Å²) in [7, 11) is -3.25. The summed E-state index contributed by atoms with van der Waals surface area (Å²) >= 11 is 0. The third kappa shape index (κ3) is 3.70. The van der Waals surface area contributed by atoms with Gasteiger partial charge in [0.2, 0.25) is 0 Å². The van der Waals surface area contributed by atoms with E-state index in [1.165, 1.54) is 18.2 Å². The van der Waals surface area contributed by atoms with Crippen LogP contribution in [0.3, 0.4) is 0 Å². The molecule has 0 aliphatic rings. The zero-order valence-electron chi connectivity index (χ0n) is 11.5. The predicted molar refractivity (Wildman–Crippen MR) is 74.1 cm³/mol. The van der Waals surface area contributed by atoms with Gasteiger partial charge in [0.05, 0.1) is 4.75 Å². The maximum atomic E-state index is 12.0. The third-order valence-electron chi connectivity index (χ3n) is 3.13. The molecule has 0 aliphatic carbocycles. The van der Waals surface area contributed by atoms with E-state index in [1.807, 2.05) is 0 Å². The summed E-state index contributed by atoms with van der Waals surface area (Å²) in [5.41, 5.74) is 1.05. The summed E-state index contributed by atoms with van der Waals surface area (Å²) in [6.45, 7) is 4.86. The van der Waals surface area contributed by atoms with Crippen molar-refractivity contribution in [1.82, 2.24) is 5.32 Å². The Balaban J connectivity index is 2.82. The number of aromatic hydroxyl groups is 1. The number of hydrogen-bond acceptors (Lipinski definition) is 4. The molecule has 6 heteroatoms. The molecule has 0 spiro atoms. The second-order valence-corrected chi connectivity index (χ2v) is 7.86. The number of carbonyl (C=O) groups is 1. The predicted octanol–water partition coefficient (Wildman–Crippen LogP) is 1.25. The Kier molecular flexibility index (Phi) is 4.25. The Morgan fingerprint density at radius 1 is 1.37 bits per heavy atom. The van der Waals surface area contributed by atoms with Crippen LogP contribution in [0.4, 0.5) is 0 Å². The molecular weight excluding hydrogens is 266 g/mol. The van der Waals surface area contributed by atoms with Gasteiger partial charge in [-0.3, -0.25) is 4.79 Å². The molecule has 1 aromatic rings. The highest BCUT2D eigenvalue weighted by Gasteiger charge is 2.30. The minimum absolute atomic E-state index is 0.0327. The van der Waals surface area contributed by atoms with Crippen LogP contribution in [0.1, 0.15) is 29.8 Å². The first-order valence-electron chi connectivity index (χ1n) is 5.82. The van der Waals surface area contributed by atoms with Crippen LogP contribution < -0.4 is 5.32 Å². The molecule has 0 fully saturated rings. The van der Waals surface area contributed by atoms with Gasteiger partial charge in [-0.15, -0.1) is 0 Å². The van der Waals surface area contributed by atoms with Gasteiger partial charge in [0.1, 0.15) is 5.75 Å². The molecule has 0 saturated heterocycles. The Bertz CT molecular complexity index is 591. The highest BCUT2D eigenvalue weighted by atomic mass is 32.2. The molecule has 1 amide bonds. The van der Waals surface area contributed by atoms with E-state index >= 15 is 0 Å². The van der Waals surface area contributed by atoms with E-state index in [2.05, 4.69) is 5.32 Å². The summed E-state index contributed by atoms with van der Waals surface area (Å²) in [5.74, 6) is -0.264. The second kappa shape index (κ2) is 5.21. The number of phenolic OH excluding ortho intramolecular Hbond substituents is 1. The second-order valence-electron chi connectivity index (χ2n) is 5.21. The first-order valence-corrected chi connectivity index (χ1v) is 7.71. The molecule has 0 aliphatic heterocycles. The minimum atomic E-state index is -3.25. The highest BCUT2D eigenvalue weighted by Crippen LogP contribution is 2.17. The Hall–Kier alpha value is -1.56. The first-order chi connectivity index (χ1) is 8.54. The van der Waals surface area contributed by atoms with Crippen molar-refractivity contribution in [3.8, 4) is 5.75 Å². The van der Waals surface area contributed by atoms with Crippen LogP contribution in [0, 0.1) is 6.92 Å². The van der Waals surface area contributed by atoms with E-state index in [4.69, 9.17) is 0 Å². The molecule has 0 atom stereocenters. The van der Waals surface area contributed by atoms with Crippen molar-refractivity contribution in [2.45, 2.75) is 25.5 Å². The largest absolute Gasteiger partial charge is 0.508 e. The maximum absolute atomic E-state index is 12.0.